The van der Waals surface area contributed by atoms with Crippen LogP contribution in [0.25, 0.3) is 22.4 Å². The minimum atomic E-state index is -0.527. The number of fused-ring (bicyclic) bond motifs is 1. The van der Waals surface area contributed by atoms with Gasteiger partial charge in [0.1, 0.15) is 11.6 Å². The lowest BCUT2D eigenvalue weighted by atomic mass is 9.80. The molecule has 4 aromatic rings. The maximum atomic E-state index is 13.7. The quantitative estimate of drug-likeness (QED) is 0.319. The molecular weight excluding hydrogens is 478 g/mol. The largest absolute Gasteiger partial charge is 0.420 e. The van der Waals surface area contributed by atoms with Crippen LogP contribution in [0.3, 0.4) is 0 Å². The number of halogens is 3. The van der Waals surface area contributed by atoms with E-state index >= 15 is 0 Å². The molecule has 0 spiro atoms. The number of hydrogen-bond acceptors (Lipinski definition) is 5. The summed E-state index contributed by atoms with van der Waals surface area (Å²) in [4.78, 5) is 17.1. The fraction of sp³-hybridized carbons (Fsp3) is 0.280. The van der Waals surface area contributed by atoms with E-state index in [-0.39, 0.29) is 28.7 Å². The highest BCUT2D eigenvalue weighted by Gasteiger charge is 2.28. The van der Waals surface area contributed by atoms with Crippen LogP contribution in [0.15, 0.2) is 52.9 Å². The van der Waals surface area contributed by atoms with Gasteiger partial charge in [0.15, 0.2) is 0 Å². The summed E-state index contributed by atoms with van der Waals surface area (Å²) in [6.45, 7) is 0. The maximum absolute atomic E-state index is 13.7. The van der Waals surface area contributed by atoms with Crippen molar-refractivity contribution in [3.8, 4) is 11.5 Å². The molecule has 1 aliphatic carbocycles. The van der Waals surface area contributed by atoms with Crippen molar-refractivity contribution in [2.45, 2.75) is 38.0 Å². The predicted octanol–water partition coefficient (Wildman–Crippen LogP) is 7.03. The predicted molar refractivity (Wildman–Crippen MR) is 129 cm³/mol. The lowest BCUT2D eigenvalue weighted by molar-refractivity contribution is -0.117. The molecule has 6 nitrogen and oxygen atoms in total. The van der Waals surface area contributed by atoms with Gasteiger partial charge in [0.25, 0.3) is 0 Å². The molecule has 0 bridgehead atoms. The molecule has 174 valence electrons. The summed E-state index contributed by atoms with van der Waals surface area (Å²) in [5, 5.41) is 12.8. The molecule has 1 amide bonds. The topological polar surface area (TPSA) is 80.9 Å². The van der Waals surface area contributed by atoms with Gasteiger partial charge >= 0.3 is 0 Å². The summed E-state index contributed by atoms with van der Waals surface area (Å²) in [5.74, 6) is 1.20. The zero-order chi connectivity index (χ0) is 23.7. The van der Waals surface area contributed by atoms with Crippen molar-refractivity contribution < 1.29 is 13.6 Å². The van der Waals surface area contributed by atoms with E-state index in [1.807, 2.05) is 18.2 Å². The second-order valence-electron chi connectivity index (χ2n) is 8.58. The molecule has 0 unspecified atom stereocenters. The fourth-order valence-electron chi connectivity index (χ4n) is 4.38. The Balaban J connectivity index is 1.15. The Morgan fingerprint density at radius 3 is 2.65 bits per heavy atom. The first-order valence-electron chi connectivity index (χ1n) is 11.1. The molecule has 2 aromatic heterocycles. The number of benzene rings is 2. The Hall–Kier alpha value is -3.03. The molecule has 2 aromatic carbocycles. The summed E-state index contributed by atoms with van der Waals surface area (Å²) in [6, 6.07) is 13.5. The number of nitrogens with one attached hydrogen (secondary N) is 1. The van der Waals surface area contributed by atoms with Crippen molar-refractivity contribution in [2.24, 2.45) is 5.92 Å². The van der Waals surface area contributed by atoms with Gasteiger partial charge < -0.3 is 9.73 Å². The number of aromatic nitrogens is 3. The van der Waals surface area contributed by atoms with Crippen LogP contribution in [0.5, 0.6) is 0 Å². The molecule has 34 heavy (non-hydrogen) atoms. The lowest BCUT2D eigenvalue weighted by Crippen LogP contribution is -2.21. The zero-order valence-electron chi connectivity index (χ0n) is 18.1. The number of anilines is 1. The normalized spacial score (nSPS) is 18.2. The maximum Gasteiger partial charge on any atom is 0.247 e. The number of nitrogens with zero attached hydrogens (tertiary/aromatic N) is 3. The molecular formula is C25H21Cl2FN4O2. The van der Waals surface area contributed by atoms with Gasteiger partial charge in [-0.05, 0) is 80.1 Å². The Bertz CT molecular complexity index is 1350. The molecule has 0 saturated heterocycles. The Morgan fingerprint density at radius 2 is 1.85 bits per heavy atom. The number of rotatable bonds is 5. The molecule has 0 atom stereocenters. The van der Waals surface area contributed by atoms with Gasteiger partial charge in [-0.2, -0.15) is 0 Å². The van der Waals surface area contributed by atoms with Crippen LogP contribution in [0.1, 0.15) is 43.9 Å². The van der Waals surface area contributed by atoms with E-state index < -0.39 is 5.82 Å². The van der Waals surface area contributed by atoms with Crippen LogP contribution in [0.2, 0.25) is 10.0 Å². The minimum Gasteiger partial charge on any atom is -0.420 e. The number of hydrogen-bond donors (Lipinski definition) is 1. The van der Waals surface area contributed by atoms with Crippen LogP contribution >= 0.6 is 23.2 Å². The third kappa shape index (κ3) is 5.05. The Morgan fingerprint density at radius 1 is 1.03 bits per heavy atom. The SMILES string of the molecule is O=C(CC1CCC(c2nnc(-c3ccc(Cl)c(F)c3)o2)CC1)Nc1ccc2cc(Cl)ccc2n1. The minimum absolute atomic E-state index is 0.0471. The number of pyridine rings is 1. The third-order valence-electron chi connectivity index (χ3n) is 6.20. The van der Waals surface area contributed by atoms with Gasteiger partial charge in [0, 0.05) is 28.3 Å². The zero-order valence-corrected chi connectivity index (χ0v) is 19.6. The number of carbonyl (C=O) groups is 1. The summed E-state index contributed by atoms with van der Waals surface area (Å²) >= 11 is 11.8. The van der Waals surface area contributed by atoms with Crippen LogP contribution in [0, 0.1) is 11.7 Å². The van der Waals surface area contributed by atoms with Gasteiger partial charge in [-0.1, -0.05) is 23.2 Å². The summed E-state index contributed by atoms with van der Waals surface area (Å²) in [5.41, 5.74) is 1.28. The van der Waals surface area contributed by atoms with Crippen molar-refractivity contribution in [3.05, 3.63) is 70.3 Å². The number of carbonyl (C=O) groups excluding carboxylic acids is 1. The first-order chi connectivity index (χ1) is 16.4. The smallest absolute Gasteiger partial charge is 0.247 e. The van der Waals surface area contributed by atoms with Crippen LogP contribution in [-0.2, 0) is 4.79 Å². The van der Waals surface area contributed by atoms with Gasteiger partial charge in [-0.15, -0.1) is 10.2 Å². The highest BCUT2D eigenvalue weighted by molar-refractivity contribution is 6.31. The molecule has 0 radical (unpaired) electrons. The van der Waals surface area contributed by atoms with Crippen molar-refractivity contribution in [1.82, 2.24) is 15.2 Å². The van der Waals surface area contributed by atoms with E-state index in [9.17, 15) is 9.18 Å². The number of amides is 1. The standard InChI is InChI=1S/C25H21Cl2FN4O2/c26-18-7-9-21-16(12-18)6-10-22(29-21)30-23(33)11-14-1-3-15(4-2-14)24-31-32-25(34-24)17-5-8-19(27)20(28)13-17/h5-10,12-15H,1-4,11H2,(H,29,30,33). The average molecular weight is 499 g/mol. The molecule has 0 aliphatic heterocycles. The molecule has 2 heterocycles. The summed E-state index contributed by atoms with van der Waals surface area (Å²) < 4.78 is 19.5. The highest BCUT2D eigenvalue weighted by Crippen LogP contribution is 2.37. The van der Waals surface area contributed by atoms with Crippen LogP contribution in [0.4, 0.5) is 10.2 Å². The van der Waals surface area contributed by atoms with Gasteiger partial charge in [0.05, 0.1) is 10.5 Å². The monoisotopic (exact) mass is 498 g/mol. The lowest BCUT2D eigenvalue weighted by Gasteiger charge is -2.26. The highest BCUT2D eigenvalue weighted by atomic mass is 35.5. The van der Waals surface area contributed by atoms with E-state index in [1.54, 1.807) is 18.2 Å². The van der Waals surface area contributed by atoms with E-state index in [2.05, 4.69) is 20.5 Å². The average Bonchev–Trinajstić information content (AvgIpc) is 3.32. The first kappa shape index (κ1) is 22.7. The van der Waals surface area contributed by atoms with Crippen molar-refractivity contribution in [3.63, 3.8) is 0 Å². The second kappa shape index (κ2) is 9.68. The fourth-order valence-corrected chi connectivity index (χ4v) is 4.68. The van der Waals surface area contributed by atoms with E-state index in [0.29, 0.717) is 28.7 Å². The van der Waals surface area contributed by atoms with Gasteiger partial charge in [-0.25, -0.2) is 9.37 Å². The summed E-state index contributed by atoms with van der Waals surface area (Å²) in [7, 11) is 0. The van der Waals surface area contributed by atoms with Crippen molar-refractivity contribution in [1.29, 1.82) is 0 Å². The van der Waals surface area contributed by atoms with E-state index in [4.69, 9.17) is 27.6 Å². The molecule has 5 rings (SSSR count). The molecule has 9 heteroatoms. The van der Waals surface area contributed by atoms with Gasteiger partial charge in [-0.3, -0.25) is 4.79 Å². The molecule has 1 saturated carbocycles. The summed E-state index contributed by atoms with van der Waals surface area (Å²) in [6.07, 6.45) is 3.91. The van der Waals surface area contributed by atoms with Crippen LogP contribution in [-0.4, -0.2) is 21.1 Å². The van der Waals surface area contributed by atoms with Crippen LogP contribution < -0.4 is 5.32 Å². The van der Waals surface area contributed by atoms with E-state index in [1.165, 1.54) is 12.1 Å². The third-order valence-corrected chi connectivity index (χ3v) is 6.74. The molecule has 1 aliphatic rings. The molecule has 1 fully saturated rings. The van der Waals surface area contributed by atoms with Gasteiger partial charge in [0.2, 0.25) is 17.7 Å². The Labute approximate surface area is 205 Å². The second-order valence-corrected chi connectivity index (χ2v) is 9.42. The van der Waals surface area contributed by atoms with Crippen molar-refractivity contribution in [2.75, 3.05) is 5.32 Å². The van der Waals surface area contributed by atoms with Crippen molar-refractivity contribution >= 4 is 45.8 Å². The Kier molecular flexibility index (Phi) is 6.48. The first-order valence-corrected chi connectivity index (χ1v) is 11.8. The molecule has 1 N–H and O–H groups in total. The van der Waals surface area contributed by atoms with E-state index in [0.717, 1.165) is 36.6 Å².